The van der Waals surface area contributed by atoms with E-state index in [0.717, 1.165) is 59.8 Å². The third-order valence-electron chi connectivity index (χ3n) is 6.39. The Labute approximate surface area is 187 Å². The summed E-state index contributed by atoms with van der Waals surface area (Å²) in [7, 11) is 1.89. The van der Waals surface area contributed by atoms with Crippen LogP contribution in [0.1, 0.15) is 41.0 Å². The molecule has 0 amide bonds. The molecule has 2 aliphatic rings. The molecule has 3 heterocycles. The molecule has 2 atom stereocenters. The molecular weight excluding hydrogens is 410 g/mol. The van der Waals surface area contributed by atoms with Gasteiger partial charge in [-0.2, -0.15) is 0 Å². The van der Waals surface area contributed by atoms with Crippen molar-refractivity contribution in [1.82, 2.24) is 24.8 Å². The Morgan fingerprint density at radius 1 is 1.23 bits per heavy atom. The lowest BCUT2D eigenvalue weighted by atomic mass is 9.84. The van der Waals surface area contributed by atoms with E-state index in [-0.39, 0.29) is 6.04 Å². The molecule has 1 aliphatic heterocycles. The van der Waals surface area contributed by atoms with Gasteiger partial charge in [-0.05, 0) is 53.5 Å². The molecule has 1 saturated heterocycles. The molecule has 0 spiro atoms. The van der Waals surface area contributed by atoms with E-state index in [9.17, 15) is 5.11 Å². The van der Waals surface area contributed by atoms with Gasteiger partial charge in [0.05, 0.1) is 30.0 Å². The first kappa shape index (κ1) is 20.4. The molecule has 1 fully saturated rings. The van der Waals surface area contributed by atoms with Crippen LogP contribution in [-0.4, -0.2) is 50.7 Å². The summed E-state index contributed by atoms with van der Waals surface area (Å²) >= 11 is 6.48. The molecule has 2 aromatic heterocycles. The highest BCUT2D eigenvalue weighted by molar-refractivity contribution is 6.30. The van der Waals surface area contributed by atoms with E-state index < -0.39 is 5.60 Å². The fourth-order valence-electron chi connectivity index (χ4n) is 4.84. The van der Waals surface area contributed by atoms with E-state index in [0.29, 0.717) is 5.02 Å². The van der Waals surface area contributed by atoms with E-state index in [1.165, 1.54) is 0 Å². The van der Waals surface area contributed by atoms with E-state index >= 15 is 0 Å². The minimum Gasteiger partial charge on any atom is -0.379 e. The van der Waals surface area contributed by atoms with Crippen LogP contribution < -0.4 is 5.32 Å². The maximum Gasteiger partial charge on any atom is 0.129 e. The van der Waals surface area contributed by atoms with Crippen LogP contribution in [0, 0.1) is 0 Å². The van der Waals surface area contributed by atoms with Crippen LogP contribution in [-0.2, 0) is 12.6 Å². The summed E-state index contributed by atoms with van der Waals surface area (Å²) in [5, 5.41) is 15.9. The standard InChI is InChI=1S/C24H26ClN5O/c1-24(31,21-14-27-15-29(21)2)20-12-16-4-3-7-28-22(16)23(30-10-8-26-9-11-30)18-6-5-17(25)13-19(18)20/h3-7,12-15,23,26,31H,8-11H2,1-2H3/t23-,24?/m0/s1. The smallest absolute Gasteiger partial charge is 0.129 e. The first-order valence-corrected chi connectivity index (χ1v) is 11.0. The maximum atomic E-state index is 11.8. The van der Waals surface area contributed by atoms with Gasteiger partial charge in [0.1, 0.15) is 5.60 Å². The maximum absolute atomic E-state index is 11.8. The first-order valence-electron chi connectivity index (χ1n) is 10.6. The predicted octanol–water partition coefficient (Wildman–Crippen LogP) is 3.22. The average Bonchev–Trinajstić information content (AvgIpc) is 3.15. The van der Waals surface area contributed by atoms with Gasteiger partial charge in [0, 0.05) is 44.4 Å². The van der Waals surface area contributed by atoms with Crippen molar-refractivity contribution >= 4 is 23.3 Å². The zero-order valence-corrected chi connectivity index (χ0v) is 18.5. The molecule has 1 aliphatic carbocycles. The second-order valence-electron chi connectivity index (χ2n) is 8.42. The number of fused-ring (bicyclic) bond motifs is 2. The Morgan fingerprint density at radius 2 is 2.03 bits per heavy atom. The zero-order valence-electron chi connectivity index (χ0n) is 17.7. The minimum absolute atomic E-state index is 0.0124. The fraction of sp³-hybridized carbons (Fsp3) is 0.333. The Hall–Kier alpha value is -2.51. The number of nitrogens with zero attached hydrogens (tertiary/aromatic N) is 4. The van der Waals surface area contributed by atoms with Gasteiger partial charge in [-0.15, -0.1) is 0 Å². The molecule has 5 rings (SSSR count). The van der Waals surface area contributed by atoms with Crippen LogP contribution in [0.3, 0.4) is 0 Å². The number of aromatic nitrogens is 3. The number of piperazine rings is 1. The Bertz CT molecular complexity index is 1150. The zero-order chi connectivity index (χ0) is 21.6. The molecular formula is C24H26ClN5O. The van der Waals surface area contributed by atoms with Crippen LogP contribution in [0.25, 0.3) is 11.6 Å². The number of nitrogens with one attached hydrogen (secondary N) is 1. The lowest BCUT2D eigenvalue weighted by Crippen LogP contribution is -2.45. The molecule has 7 heteroatoms. The van der Waals surface area contributed by atoms with Crippen molar-refractivity contribution in [3.63, 3.8) is 0 Å². The van der Waals surface area contributed by atoms with Crippen LogP contribution in [0.2, 0.25) is 5.02 Å². The lowest BCUT2D eigenvalue weighted by molar-refractivity contribution is 0.114. The number of aryl methyl sites for hydroxylation is 1. The molecule has 160 valence electrons. The molecule has 2 N–H and O–H groups in total. The third-order valence-corrected chi connectivity index (χ3v) is 6.62. The van der Waals surface area contributed by atoms with E-state index in [1.807, 2.05) is 42.9 Å². The fourth-order valence-corrected chi connectivity index (χ4v) is 5.01. The van der Waals surface area contributed by atoms with Crippen molar-refractivity contribution in [3.8, 4) is 0 Å². The van der Waals surface area contributed by atoms with Crippen LogP contribution >= 0.6 is 11.6 Å². The van der Waals surface area contributed by atoms with Gasteiger partial charge in [-0.1, -0.05) is 23.7 Å². The normalized spacial score (nSPS) is 20.9. The Balaban J connectivity index is 1.77. The summed E-state index contributed by atoms with van der Waals surface area (Å²) in [6.07, 6.45) is 7.33. The van der Waals surface area contributed by atoms with E-state index in [4.69, 9.17) is 16.6 Å². The molecule has 6 nitrogen and oxygen atoms in total. The van der Waals surface area contributed by atoms with Crippen LogP contribution in [0.5, 0.6) is 0 Å². The van der Waals surface area contributed by atoms with Crippen molar-refractivity contribution < 1.29 is 5.11 Å². The van der Waals surface area contributed by atoms with E-state index in [2.05, 4.69) is 33.4 Å². The summed E-state index contributed by atoms with van der Waals surface area (Å²) in [6, 6.07) is 9.99. The molecule has 3 aromatic rings. The average molecular weight is 436 g/mol. The summed E-state index contributed by atoms with van der Waals surface area (Å²) in [5.74, 6) is 0. The largest absolute Gasteiger partial charge is 0.379 e. The van der Waals surface area contributed by atoms with Crippen LogP contribution in [0.4, 0.5) is 0 Å². The Kier molecular flexibility index (Phi) is 5.18. The molecule has 0 saturated carbocycles. The second kappa shape index (κ2) is 7.88. The number of aliphatic hydroxyl groups is 1. The third kappa shape index (κ3) is 3.49. The number of halogens is 1. The van der Waals surface area contributed by atoms with Gasteiger partial charge in [-0.25, -0.2) is 4.98 Å². The highest BCUT2D eigenvalue weighted by Crippen LogP contribution is 2.46. The summed E-state index contributed by atoms with van der Waals surface area (Å²) in [6.45, 7) is 5.55. The van der Waals surface area contributed by atoms with Gasteiger partial charge in [0.2, 0.25) is 0 Å². The van der Waals surface area contributed by atoms with Gasteiger partial charge in [-0.3, -0.25) is 9.88 Å². The van der Waals surface area contributed by atoms with Gasteiger partial charge >= 0.3 is 0 Å². The molecule has 1 unspecified atom stereocenters. The number of imidazole rings is 1. The van der Waals surface area contributed by atoms with Gasteiger partial charge in [0.15, 0.2) is 0 Å². The highest BCUT2D eigenvalue weighted by atomic mass is 35.5. The number of benzene rings is 1. The summed E-state index contributed by atoms with van der Waals surface area (Å²) in [5.41, 5.74) is 4.31. The van der Waals surface area contributed by atoms with E-state index in [1.54, 1.807) is 12.5 Å². The van der Waals surface area contributed by atoms with Crippen molar-refractivity contribution in [2.24, 2.45) is 7.05 Å². The second-order valence-corrected chi connectivity index (χ2v) is 8.85. The van der Waals surface area contributed by atoms with Crippen LogP contribution in [0.15, 0.2) is 49.1 Å². The molecule has 0 bridgehead atoms. The van der Waals surface area contributed by atoms with Crippen molar-refractivity contribution in [1.29, 1.82) is 0 Å². The highest BCUT2D eigenvalue weighted by Gasteiger charge is 2.38. The monoisotopic (exact) mass is 435 g/mol. The van der Waals surface area contributed by atoms with Gasteiger partial charge < -0.3 is 15.0 Å². The van der Waals surface area contributed by atoms with Crippen molar-refractivity contribution in [2.75, 3.05) is 26.2 Å². The summed E-state index contributed by atoms with van der Waals surface area (Å²) in [4.78, 5) is 11.5. The number of hydrogen-bond donors (Lipinski definition) is 2. The Morgan fingerprint density at radius 3 is 2.77 bits per heavy atom. The topological polar surface area (TPSA) is 66.2 Å². The number of rotatable bonds is 3. The van der Waals surface area contributed by atoms with Gasteiger partial charge in [0.25, 0.3) is 0 Å². The first-order chi connectivity index (χ1) is 15.0. The van der Waals surface area contributed by atoms with Crippen molar-refractivity contribution in [2.45, 2.75) is 18.6 Å². The predicted molar refractivity (Wildman–Crippen MR) is 123 cm³/mol. The quantitative estimate of drug-likeness (QED) is 0.661. The number of pyridine rings is 1. The minimum atomic E-state index is -1.27. The molecule has 1 aromatic carbocycles. The number of hydrogen-bond acceptors (Lipinski definition) is 5. The SMILES string of the molecule is Cn1cncc1C(C)(O)C1=Cc2cccnc2[C@@H](N2CCNCC2)c2ccc(Cl)cc21. The molecule has 31 heavy (non-hydrogen) atoms. The summed E-state index contributed by atoms with van der Waals surface area (Å²) < 4.78 is 1.86. The molecule has 0 radical (unpaired) electrons. The lowest BCUT2D eigenvalue weighted by Gasteiger charge is -2.36. The van der Waals surface area contributed by atoms with Crippen molar-refractivity contribution in [3.05, 3.63) is 82.2 Å².